The van der Waals surface area contributed by atoms with Crippen molar-refractivity contribution in [2.24, 2.45) is 0 Å². The third-order valence-electron chi connectivity index (χ3n) is 2.88. The average molecular weight is 319 g/mol. The summed E-state index contributed by atoms with van der Waals surface area (Å²) in [5.41, 5.74) is -1.35. The Labute approximate surface area is 130 Å². The number of nitrogens with one attached hydrogen (secondary N) is 1. The third-order valence-corrected chi connectivity index (χ3v) is 2.88. The van der Waals surface area contributed by atoms with Gasteiger partial charge in [0.2, 0.25) is 0 Å². The summed E-state index contributed by atoms with van der Waals surface area (Å²) in [6, 6.07) is 5.11. The van der Waals surface area contributed by atoms with E-state index >= 15 is 0 Å². The van der Waals surface area contributed by atoms with Crippen LogP contribution in [0.4, 0.5) is 5.69 Å². The van der Waals surface area contributed by atoms with Crippen LogP contribution in [0.2, 0.25) is 0 Å². The molecule has 120 valence electrons. The number of hydrogen-bond acceptors (Lipinski definition) is 7. The van der Waals surface area contributed by atoms with Crippen LogP contribution in [0.5, 0.6) is 17.4 Å². The number of aromatic nitrogens is 2. The molecule has 0 saturated heterocycles. The van der Waals surface area contributed by atoms with Crippen molar-refractivity contribution in [3.63, 3.8) is 0 Å². The van der Waals surface area contributed by atoms with Gasteiger partial charge in [-0.25, -0.2) is 0 Å². The number of aromatic amines is 1. The lowest BCUT2D eigenvalue weighted by Crippen LogP contribution is -2.14. The Kier molecular flexibility index (Phi) is 4.60. The number of H-pyrrole nitrogens is 1. The first-order valence-electron chi connectivity index (χ1n) is 6.33. The van der Waals surface area contributed by atoms with E-state index < -0.39 is 22.0 Å². The normalized spacial score (nSPS) is 10.7. The maximum atomic E-state index is 11.5. The van der Waals surface area contributed by atoms with E-state index in [0.717, 1.165) is 0 Å². The number of rotatable bonds is 5. The first kappa shape index (κ1) is 16.0. The molecular weight excluding hydrogens is 306 g/mol. The summed E-state index contributed by atoms with van der Waals surface area (Å²) in [5, 5.41) is 20.1. The van der Waals surface area contributed by atoms with Gasteiger partial charge in [-0.3, -0.25) is 14.9 Å². The van der Waals surface area contributed by atoms with Crippen LogP contribution >= 0.6 is 0 Å². The molecule has 1 heterocycles. The molecule has 0 aliphatic rings. The van der Waals surface area contributed by atoms with Crippen LogP contribution in [0.1, 0.15) is 11.4 Å². The Morgan fingerprint density at radius 2 is 1.83 bits per heavy atom. The topological polar surface area (TPSA) is 128 Å². The number of hydrogen-bond donors (Lipinski definition) is 2. The number of aromatic hydroxyl groups is 1. The van der Waals surface area contributed by atoms with Crippen molar-refractivity contribution in [2.45, 2.75) is 0 Å². The van der Waals surface area contributed by atoms with Crippen LogP contribution in [0.25, 0.3) is 12.2 Å². The Morgan fingerprint density at radius 3 is 2.30 bits per heavy atom. The summed E-state index contributed by atoms with van der Waals surface area (Å²) in [6.07, 6.45) is 2.97. The number of nitro groups is 1. The number of benzene rings is 1. The smallest absolute Gasteiger partial charge is 0.395 e. The van der Waals surface area contributed by atoms with Crippen LogP contribution in [0.3, 0.4) is 0 Å². The second kappa shape index (κ2) is 6.60. The lowest BCUT2D eigenvalue weighted by molar-refractivity contribution is -0.387. The van der Waals surface area contributed by atoms with E-state index in [-0.39, 0.29) is 5.82 Å². The van der Waals surface area contributed by atoms with Crippen LogP contribution in [0, 0.1) is 10.1 Å². The summed E-state index contributed by atoms with van der Waals surface area (Å²) >= 11 is 0. The molecule has 0 saturated carbocycles. The summed E-state index contributed by atoms with van der Waals surface area (Å²) in [7, 11) is 3.02. The summed E-state index contributed by atoms with van der Waals surface area (Å²) < 4.78 is 10.3. The largest absolute Gasteiger partial charge is 0.497 e. The van der Waals surface area contributed by atoms with Gasteiger partial charge in [-0.05, 0) is 23.8 Å². The van der Waals surface area contributed by atoms with Gasteiger partial charge in [0.1, 0.15) is 17.3 Å². The first-order chi connectivity index (χ1) is 10.9. The van der Waals surface area contributed by atoms with Crippen LogP contribution < -0.4 is 15.0 Å². The van der Waals surface area contributed by atoms with E-state index in [9.17, 15) is 20.0 Å². The predicted octanol–water partition coefficient (Wildman–Crippen LogP) is 1.57. The highest BCUT2D eigenvalue weighted by atomic mass is 16.6. The fraction of sp³-hybridized carbons (Fsp3) is 0.143. The van der Waals surface area contributed by atoms with E-state index in [1.807, 2.05) is 0 Å². The van der Waals surface area contributed by atoms with Crippen molar-refractivity contribution < 1.29 is 19.5 Å². The molecule has 0 amide bonds. The number of nitrogens with zero attached hydrogens (tertiary/aromatic N) is 2. The molecule has 0 aliphatic heterocycles. The quantitative estimate of drug-likeness (QED) is 0.632. The molecule has 0 aliphatic carbocycles. The fourth-order valence-electron chi connectivity index (χ4n) is 1.82. The van der Waals surface area contributed by atoms with E-state index in [1.165, 1.54) is 20.3 Å². The standard InChI is InChI=1S/C14H13N3O6/c1-22-9-5-8(6-10(7-9)23-2)3-4-11-15-13(18)12(17(20)21)14(19)16-11/h3-7H,1-2H3,(H2,15,16,18,19). The van der Waals surface area contributed by atoms with Crippen molar-refractivity contribution in [1.82, 2.24) is 9.97 Å². The maximum Gasteiger partial charge on any atom is 0.395 e. The van der Waals surface area contributed by atoms with Crippen LogP contribution in [-0.2, 0) is 0 Å². The molecule has 0 bridgehead atoms. The van der Waals surface area contributed by atoms with E-state index in [0.29, 0.717) is 17.1 Å². The van der Waals surface area contributed by atoms with Gasteiger partial charge in [0.25, 0.3) is 5.88 Å². The molecule has 2 N–H and O–H groups in total. The fourth-order valence-corrected chi connectivity index (χ4v) is 1.82. The van der Waals surface area contributed by atoms with Gasteiger partial charge in [-0.1, -0.05) is 6.08 Å². The molecule has 2 aromatic rings. The third kappa shape index (κ3) is 3.64. The van der Waals surface area contributed by atoms with E-state index in [2.05, 4.69) is 9.97 Å². The molecule has 0 atom stereocenters. The minimum absolute atomic E-state index is 0.0279. The van der Waals surface area contributed by atoms with Crippen LogP contribution in [0.15, 0.2) is 23.0 Å². The molecule has 1 aromatic carbocycles. The molecule has 0 unspecified atom stereocenters. The Hall–Kier alpha value is -3.36. The Balaban J connectivity index is 2.37. The molecular formula is C14H13N3O6. The molecule has 0 spiro atoms. The van der Waals surface area contributed by atoms with E-state index in [1.54, 1.807) is 24.3 Å². The summed E-state index contributed by atoms with van der Waals surface area (Å²) in [4.78, 5) is 26.9. The molecule has 0 fully saturated rings. The molecule has 23 heavy (non-hydrogen) atoms. The molecule has 1 aromatic heterocycles. The number of ether oxygens (including phenoxy) is 2. The van der Waals surface area contributed by atoms with E-state index in [4.69, 9.17) is 9.47 Å². The van der Waals surface area contributed by atoms with Gasteiger partial charge in [0.05, 0.1) is 19.1 Å². The van der Waals surface area contributed by atoms with Gasteiger partial charge >= 0.3 is 11.2 Å². The van der Waals surface area contributed by atoms with Gasteiger partial charge in [0.15, 0.2) is 0 Å². The average Bonchev–Trinajstić information content (AvgIpc) is 2.51. The van der Waals surface area contributed by atoms with Crippen molar-refractivity contribution >= 4 is 17.8 Å². The zero-order valence-corrected chi connectivity index (χ0v) is 12.3. The highest BCUT2D eigenvalue weighted by molar-refractivity contribution is 5.68. The summed E-state index contributed by atoms with van der Waals surface area (Å²) in [6.45, 7) is 0. The summed E-state index contributed by atoms with van der Waals surface area (Å²) in [5.74, 6) is 0.163. The predicted molar refractivity (Wildman–Crippen MR) is 81.7 cm³/mol. The van der Waals surface area contributed by atoms with Crippen molar-refractivity contribution in [2.75, 3.05) is 14.2 Å². The van der Waals surface area contributed by atoms with Gasteiger partial charge in [0, 0.05) is 6.07 Å². The van der Waals surface area contributed by atoms with Gasteiger partial charge < -0.3 is 19.6 Å². The van der Waals surface area contributed by atoms with Crippen LogP contribution in [-0.4, -0.2) is 34.2 Å². The highest BCUT2D eigenvalue weighted by Gasteiger charge is 2.21. The lowest BCUT2D eigenvalue weighted by atomic mass is 10.2. The molecule has 9 nitrogen and oxygen atoms in total. The molecule has 9 heteroatoms. The molecule has 0 radical (unpaired) electrons. The Bertz CT molecular complexity index is 805. The zero-order valence-electron chi connectivity index (χ0n) is 12.3. The zero-order chi connectivity index (χ0) is 17.0. The van der Waals surface area contributed by atoms with Gasteiger partial charge in [-0.15, -0.1) is 0 Å². The Morgan fingerprint density at radius 1 is 1.22 bits per heavy atom. The van der Waals surface area contributed by atoms with Crippen molar-refractivity contribution in [1.29, 1.82) is 0 Å². The SMILES string of the molecule is COc1cc(C=Cc2nc(O)c([N+](=O)[O-])c(=O)[nH]2)cc(OC)c1. The second-order valence-corrected chi connectivity index (χ2v) is 4.36. The van der Waals surface area contributed by atoms with Crippen molar-refractivity contribution in [3.8, 4) is 17.4 Å². The van der Waals surface area contributed by atoms with Gasteiger partial charge in [-0.2, -0.15) is 4.98 Å². The second-order valence-electron chi connectivity index (χ2n) is 4.36. The maximum absolute atomic E-state index is 11.5. The highest BCUT2D eigenvalue weighted by Crippen LogP contribution is 2.24. The molecule has 2 rings (SSSR count). The first-order valence-corrected chi connectivity index (χ1v) is 6.33. The number of methoxy groups -OCH3 is 2. The minimum Gasteiger partial charge on any atom is -0.497 e. The minimum atomic E-state index is -1.04. The van der Waals surface area contributed by atoms with Crippen molar-refractivity contribution in [3.05, 3.63) is 50.1 Å². The lowest BCUT2D eigenvalue weighted by Gasteiger charge is -2.05. The monoisotopic (exact) mass is 319 g/mol.